The lowest BCUT2D eigenvalue weighted by Crippen LogP contribution is -2.34. The molecule has 2 aromatic rings. The lowest BCUT2D eigenvalue weighted by atomic mass is 10.1. The van der Waals surface area contributed by atoms with E-state index in [1.54, 1.807) is 31.4 Å². The molecule has 0 aromatic heterocycles. The highest BCUT2D eigenvalue weighted by molar-refractivity contribution is 7.80. The number of amides is 1. The number of thiocarbonyl (C=S) groups is 1. The summed E-state index contributed by atoms with van der Waals surface area (Å²) >= 11 is 5.22. The molecule has 2 aromatic carbocycles. The number of nitrogens with one attached hydrogen (secondary N) is 2. The number of rotatable bonds is 7. The van der Waals surface area contributed by atoms with Crippen LogP contribution in [0.1, 0.15) is 30.6 Å². The SMILES string of the molecule is COc1ccc(C(=O)NC(=S)Nc2cccc(OCCC(C)C)c2)cc1. The summed E-state index contributed by atoms with van der Waals surface area (Å²) in [5, 5.41) is 5.89. The Labute approximate surface area is 159 Å². The minimum Gasteiger partial charge on any atom is -0.497 e. The average Bonchev–Trinajstić information content (AvgIpc) is 2.61. The number of benzene rings is 2. The zero-order valence-electron chi connectivity index (χ0n) is 15.2. The minimum atomic E-state index is -0.283. The molecule has 6 heteroatoms. The van der Waals surface area contributed by atoms with E-state index >= 15 is 0 Å². The van der Waals surface area contributed by atoms with Crippen LogP contribution in [0.25, 0.3) is 0 Å². The molecule has 0 bridgehead atoms. The molecular formula is C20H24N2O3S. The second-order valence-corrected chi connectivity index (χ2v) is 6.60. The third kappa shape index (κ3) is 6.37. The molecule has 0 aliphatic rings. The van der Waals surface area contributed by atoms with E-state index in [0.717, 1.165) is 17.9 Å². The van der Waals surface area contributed by atoms with Gasteiger partial charge in [0.05, 0.1) is 13.7 Å². The number of hydrogen-bond donors (Lipinski definition) is 2. The Bertz CT molecular complexity index is 745. The van der Waals surface area contributed by atoms with Gasteiger partial charge in [0.2, 0.25) is 0 Å². The molecule has 0 atom stereocenters. The van der Waals surface area contributed by atoms with E-state index in [9.17, 15) is 4.79 Å². The van der Waals surface area contributed by atoms with Gasteiger partial charge in [-0.05, 0) is 61.0 Å². The molecule has 0 fully saturated rings. The Morgan fingerprint density at radius 1 is 1.12 bits per heavy atom. The van der Waals surface area contributed by atoms with E-state index in [4.69, 9.17) is 21.7 Å². The van der Waals surface area contributed by atoms with E-state index in [0.29, 0.717) is 23.8 Å². The van der Waals surface area contributed by atoms with Crippen molar-refractivity contribution in [2.45, 2.75) is 20.3 Å². The Morgan fingerprint density at radius 2 is 1.85 bits per heavy atom. The van der Waals surface area contributed by atoms with Crippen molar-refractivity contribution in [3.63, 3.8) is 0 Å². The number of anilines is 1. The zero-order chi connectivity index (χ0) is 18.9. The maximum Gasteiger partial charge on any atom is 0.257 e. The highest BCUT2D eigenvalue weighted by Gasteiger charge is 2.08. The smallest absolute Gasteiger partial charge is 0.257 e. The average molecular weight is 372 g/mol. The van der Waals surface area contributed by atoms with Crippen LogP contribution in [0, 0.1) is 5.92 Å². The van der Waals surface area contributed by atoms with Crippen LogP contribution in [0.3, 0.4) is 0 Å². The quantitative estimate of drug-likeness (QED) is 0.712. The number of carbonyl (C=O) groups is 1. The van der Waals surface area contributed by atoms with Gasteiger partial charge in [-0.25, -0.2) is 0 Å². The molecule has 0 aliphatic heterocycles. The van der Waals surface area contributed by atoms with Crippen molar-refractivity contribution in [3.8, 4) is 11.5 Å². The first-order chi connectivity index (χ1) is 12.5. The number of ether oxygens (including phenoxy) is 2. The lowest BCUT2D eigenvalue weighted by molar-refractivity contribution is 0.0977. The van der Waals surface area contributed by atoms with Gasteiger partial charge in [-0.2, -0.15) is 0 Å². The van der Waals surface area contributed by atoms with Crippen LogP contribution in [-0.2, 0) is 0 Å². The first-order valence-corrected chi connectivity index (χ1v) is 8.88. The fraction of sp³-hybridized carbons (Fsp3) is 0.300. The van der Waals surface area contributed by atoms with Crippen LogP contribution in [0.2, 0.25) is 0 Å². The van der Waals surface area contributed by atoms with Gasteiger partial charge >= 0.3 is 0 Å². The summed E-state index contributed by atoms with van der Waals surface area (Å²) in [6, 6.07) is 14.3. The molecule has 0 spiro atoms. The molecule has 0 radical (unpaired) electrons. The van der Waals surface area contributed by atoms with Crippen molar-refractivity contribution < 1.29 is 14.3 Å². The minimum absolute atomic E-state index is 0.227. The summed E-state index contributed by atoms with van der Waals surface area (Å²) in [5.74, 6) is 1.77. The van der Waals surface area contributed by atoms with Crippen LogP contribution in [0.15, 0.2) is 48.5 Å². The second kappa shape index (κ2) is 9.77. The van der Waals surface area contributed by atoms with Gasteiger partial charge in [0.25, 0.3) is 5.91 Å². The van der Waals surface area contributed by atoms with Gasteiger partial charge in [-0.15, -0.1) is 0 Å². The van der Waals surface area contributed by atoms with Crippen molar-refractivity contribution in [1.82, 2.24) is 5.32 Å². The highest BCUT2D eigenvalue weighted by Crippen LogP contribution is 2.18. The number of methoxy groups -OCH3 is 1. The van der Waals surface area contributed by atoms with Crippen LogP contribution in [0.4, 0.5) is 5.69 Å². The van der Waals surface area contributed by atoms with Gasteiger partial charge in [0.1, 0.15) is 11.5 Å². The van der Waals surface area contributed by atoms with Crippen molar-refractivity contribution in [2.75, 3.05) is 19.0 Å². The Kier molecular flexibility index (Phi) is 7.41. The predicted octanol–water partition coefficient (Wildman–Crippen LogP) is 4.25. The molecule has 2 rings (SSSR count). The van der Waals surface area contributed by atoms with Gasteiger partial charge in [0.15, 0.2) is 5.11 Å². The van der Waals surface area contributed by atoms with Crippen molar-refractivity contribution in [1.29, 1.82) is 0 Å². The zero-order valence-corrected chi connectivity index (χ0v) is 16.1. The summed E-state index contributed by atoms with van der Waals surface area (Å²) in [5.41, 5.74) is 1.26. The monoisotopic (exact) mass is 372 g/mol. The summed E-state index contributed by atoms with van der Waals surface area (Å²) < 4.78 is 10.8. The van der Waals surface area contributed by atoms with Gasteiger partial charge in [-0.3, -0.25) is 10.1 Å². The third-order valence-electron chi connectivity index (χ3n) is 3.64. The highest BCUT2D eigenvalue weighted by atomic mass is 32.1. The van der Waals surface area contributed by atoms with Crippen molar-refractivity contribution >= 4 is 28.9 Å². The van der Waals surface area contributed by atoms with Crippen LogP contribution >= 0.6 is 12.2 Å². The maximum absolute atomic E-state index is 12.2. The van der Waals surface area contributed by atoms with Gasteiger partial charge in [-0.1, -0.05) is 19.9 Å². The first kappa shape index (κ1) is 19.7. The maximum atomic E-state index is 12.2. The van der Waals surface area contributed by atoms with E-state index in [1.807, 2.05) is 24.3 Å². The molecule has 138 valence electrons. The molecular weight excluding hydrogens is 348 g/mol. The van der Waals surface area contributed by atoms with Crippen LogP contribution in [-0.4, -0.2) is 24.7 Å². The third-order valence-corrected chi connectivity index (χ3v) is 3.84. The van der Waals surface area contributed by atoms with Crippen LogP contribution in [0.5, 0.6) is 11.5 Å². The van der Waals surface area contributed by atoms with Gasteiger partial charge < -0.3 is 14.8 Å². The number of hydrogen-bond acceptors (Lipinski definition) is 4. The fourth-order valence-corrected chi connectivity index (χ4v) is 2.37. The largest absolute Gasteiger partial charge is 0.497 e. The summed E-state index contributed by atoms with van der Waals surface area (Å²) in [6.45, 7) is 4.98. The van der Waals surface area contributed by atoms with Gasteiger partial charge in [0, 0.05) is 17.3 Å². The Hall–Kier alpha value is -2.60. The van der Waals surface area contributed by atoms with E-state index in [1.165, 1.54) is 0 Å². The normalized spacial score (nSPS) is 10.3. The van der Waals surface area contributed by atoms with Crippen molar-refractivity contribution in [3.05, 3.63) is 54.1 Å². The lowest BCUT2D eigenvalue weighted by Gasteiger charge is -2.12. The molecule has 1 amide bonds. The van der Waals surface area contributed by atoms with Crippen molar-refractivity contribution in [2.24, 2.45) is 5.92 Å². The molecule has 0 heterocycles. The Morgan fingerprint density at radius 3 is 2.50 bits per heavy atom. The molecule has 2 N–H and O–H groups in total. The summed E-state index contributed by atoms with van der Waals surface area (Å²) in [7, 11) is 1.58. The topological polar surface area (TPSA) is 59.6 Å². The molecule has 0 unspecified atom stereocenters. The number of carbonyl (C=O) groups excluding carboxylic acids is 1. The molecule has 0 saturated heterocycles. The Balaban J connectivity index is 1.89. The summed E-state index contributed by atoms with van der Waals surface area (Å²) in [6.07, 6.45) is 0.994. The fourth-order valence-electron chi connectivity index (χ4n) is 2.16. The predicted molar refractivity (Wildman–Crippen MR) is 108 cm³/mol. The van der Waals surface area contributed by atoms with Crippen LogP contribution < -0.4 is 20.1 Å². The first-order valence-electron chi connectivity index (χ1n) is 8.47. The molecule has 0 aliphatic carbocycles. The van der Waals surface area contributed by atoms with E-state index in [-0.39, 0.29) is 11.0 Å². The van der Waals surface area contributed by atoms with E-state index < -0.39 is 0 Å². The molecule has 26 heavy (non-hydrogen) atoms. The summed E-state index contributed by atoms with van der Waals surface area (Å²) in [4.78, 5) is 12.2. The van der Waals surface area contributed by atoms with E-state index in [2.05, 4.69) is 24.5 Å². The molecule has 5 nitrogen and oxygen atoms in total. The molecule has 0 saturated carbocycles. The second-order valence-electron chi connectivity index (χ2n) is 6.20. The standard InChI is InChI=1S/C20H24N2O3S/c1-14(2)11-12-25-18-6-4-5-16(13-18)21-20(26)22-19(23)15-7-9-17(24-3)10-8-15/h4-10,13-14H,11-12H2,1-3H3,(H2,21,22,23,26).